The van der Waals surface area contributed by atoms with Crippen molar-refractivity contribution in [1.29, 1.82) is 0 Å². The van der Waals surface area contributed by atoms with E-state index >= 15 is 0 Å². The van der Waals surface area contributed by atoms with Gasteiger partial charge in [-0.05, 0) is 37.1 Å². The van der Waals surface area contributed by atoms with Crippen LogP contribution in [0.2, 0.25) is 0 Å². The molecule has 0 unspecified atom stereocenters. The number of benzene rings is 2. The summed E-state index contributed by atoms with van der Waals surface area (Å²) in [5.74, 6) is 1.40. The second kappa shape index (κ2) is 8.02. The number of carbonyl (C=O) groups excluding carboxylic acids is 1. The molecule has 28 heavy (non-hydrogen) atoms. The Hall–Kier alpha value is -2.87. The van der Waals surface area contributed by atoms with Crippen LogP contribution in [0.1, 0.15) is 24.7 Å². The number of para-hydroxylation sites is 2. The fourth-order valence-electron chi connectivity index (χ4n) is 3.34. The number of carbonyl (C=O) groups is 1. The summed E-state index contributed by atoms with van der Waals surface area (Å²) >= 11 is 1.40. The summed E-state index contributed by atoms with van der Waals surface area (Å²) in [4.78, 5) is 30.0. The first-order valence-corrected chi connectivity index (χ1v) is 10.1. The van der Waals surface area contributed by atoms with Gasteiger partial charge in [0.1, 0.15) is 5.52 Å². The number of rotatable bonds is 5. The largest absolute Gasteiger partial charge is 0.440 e. The number of thioether (sulfide) groups is 1. The summed E-state index contributed by atoms with van der Waals surface area (Å²) in [5, 5.41) is 10.7. The van der Waals surface area contributed by atoms with Gasteiger partial charge < -0.3 is 9.32 Å². The summed E-state index contributed by atoms with van der Waals surface area (Å²) in [7, 11) is 0. The minimum atomic E-state index is -0.430. The number of nitro benzene ring substituents is 1. The van der Waals surface area contributed by atoms with Gasteiger partial charge in [0.25, 0.3) is 5.69 Å². The lowest BCUT2D eigenvalue weighted by Crippen LogP contribution is -2.39. The minimum Gasteiger partial charge on any atom is -0.440 e. The van der Waals surface area contributed by atoms with Crippen molar-refractivity contribution in [3.63, 3.8) is 0 Å². The molecule has 0 saturated carbocycles. The fourth-order valence-corrected chi connectivity index (χ4v) is 4.14. The van der Waals surface area contributed by atoms with Crippen molar-refractivity contribution >= 4 is 34.5 Å². The summed E-state index contributed by atoms with van der Waals surface area (Å²) in [6.07, 6.45) is 1.67. The number of aromatic nitrogens is 1. The average Bonchev–Trinajstić information content (AvgIpc) is 3.16. The normalized spacial score (nSPS) is 15.1. The highest BCUT2D eigenvalue weighted by atomic mass is 32.2. The van der Waals surface area contributed by atoms with Gasteiger partial charge in [0.05, 0.1) is 10.7 Å². The molecule has 0 aliphatic carbocycles. The van der Waals surface area contributed by atoms with Gasteiger partial charge in [-0.25, -0.2) is 4.98 Å². The number of piperidine rings is 1. The number of oxazole rings is 1. The smallest absolute Gasteiger partial charge is 0.269 e. The van der Waals surface area contributed by atoms with E-state index in [1.54, 1.807) is 12.1 Å². The Kier molecular flexibility index (Phi) is 5.29. The third-order valence-electron chi connectivity index (χ3n) is 4.92. The van der Waals surface area contributed by atoms with Gasteiger partial charge in [-0.2, -0.15) is 0 Å². The molecule has 0 radical (unpaired) electrons. The first-order valence-electron chi connectivity index (χ1n) is 9.10. The molecular formula is C20H19N3O4S. The Morgan fingerprint density at radius 3 is 2.57 bits per heavy atom. The van der Waals surface area contributed by atoms with Gasteiger partial charge >= 0.3 is 0 Å². The molecule has 1 saturated heterocycles. The van der Waals surface area contributed by atoms with Gasteiger partial charge in [0, 0.05) is 36.0 Å². The zero-order chi connectivity index (χ0) is 19.5. The predicted octanol–water partition coefficient (Wildman–Crippen LogP) is 4.23. The third kappa shape index (κ3) is 4.01. The molecule has 144 valence electrons. The van der Waals surface area contributed by atoms with Crippen LogP contribution in [0.25, 0.3) is 11.1 Å². The monoisotopic (exact) mass is 397 g/mol. The highest BCUT2D eigenvalue weighted by molar-refractivity contribution is 8.00. The lowest BCUT2D eigenvalue weighted by molar-refractivity contribution is -0.384. The lowest BCUT2D eigenvalue weighted by atomic mass is 9.97. The molecule has 1 aliphatic rings. The van der Waals surface area contributed by atoms with Crippen LogP contribution in [0, 0.1) is 10.1 Å². The number of non-ortho nitro benzene ring substituents is 1. The van der Waals surface area contributed by atoms with E-state index in [0.717, 1.165) is 34.7 Å². The zero-order valence-corrected chi connectivity index (χ0v) is 15.9. The first-order chi connectivity index (χ1) is 13.6. The van der Waals surface area contributed by atoms with Crippen molar-refractivity contribution in [2.45, 2.75) is 23.7 Å². The van der Waals surface area contributed by atoms with Gasteiger partial charge in [0.2, 0.25) is 5.91 Å². The van der Waals surface area contributed by atoms with E-state index in [9.17, 15) is 14.9 Å². The van der Waals surface area contributed by atoms with E-state index in [1.807, 2.05) is 29.2 Å². The van der Waals surface area contributed by atoms with E-state index < -0.39 is 4.92 Å². The molecule has 1 fully saturated rings. The zero-order valence-electron chi connectivity index (χ0n) is 15.1. The quantitative estimate of drug-likeness (QED) is 0.363. The summed E-state index contributed by atoms with van der Waals surface area (Å²) < 4.78 is 5.87. The van der Waals surface area contributed by atoms with Gasteiger partial charge in [0.15, 0.2) is 11.5 Å². The number of hydrogen-bond acceptors (Lipinski definition) is 6. The Morgan fingerprint density at radius 2 is 1.89 bits per heavy atom. The molecule has 3 aromatic rings. The van der Waals surface area contributed by atoms with Crippen molar-refractivity contribution in [1.82, 2.24) is 9.88 Å². The predicted molar refractivity (Wildman–Crippen MR) is 106 cm³/mol. The number of likely N-dealkylation sites (tertiary alicyclic amines) is 1. The maximum atomic E-state index is 12.5. The maximum Gasteiger partial charge on any atom is 0.269 e. The number of nitro groups is 1. The van der Waals surface area contributed by atoms with Crippen molar-refractivity contribution in [3.05, 3.63) is 64.5 Å². The topological polar surface area (TPSA) is 89.5 Å². The molecule has 2 aromatic carbocycles. The number of amides is 1. The Balaban J connectivity index is 1.29. The van der Waals surface area contributed by atoms with Crippen LogP contribution in [0.15, 0.2) is 57.8 Å². The van der Waals surface area contributed by atoms with Gasteiger partial charge in [-0.15, -0.1) is 11.8 Å². The standard InChI is InChI=1S/C20H19N3O4S/c24-19(13-28-16-7-5-15(6-8-16)23(25)26)22-11-9-14(10-12-22)20-21-17-3-1-2-4-18(17)27-20/h1-8,14H,9-13H2. The van der Waals surface area contributed by atoms with Gasteiger partial charge in [-0.3, -0.25) is 14.9 Å². The van der Waals surface area contributed by atoms with Crippen LogP contribution in [-0.2, 0) is 4.79 Å². The highest BCUT2D eigenvalue weighted by Gasteiger charge is 2.27. The second-order valence-electron chi connectivity index (χ2n) is 6.71. The van der Waals surface area contributed by atoms with Crippen LogP contribution in [0.3, 0.4) is 0 Å². The van der Waals surface area contributed by atoms with Crippen molar-refractivity contribution < 1.29 is 14.1 Å². The number of fused-ring (bicyclic) bond motifs is 1. The molecule has 1 aromatic heterocycles. The summed E-state index contributed by atoms with van der Waals surface area (Å²) in [6.45, 7) is 1.37. The molecular weight excluding hydrogens is 378 g/mol. The van der Waals surface area contributed by atoms with Crippen LogP contribution in [0.5, 0.6) is 0 Å². The molecule has 1 aliphatic heterocycles. The molecule has 0 N–H and O–H groups in total. The van der Waals surface area contributed by atoms with Crippen LogP contribution < -0.4 is 0 Å². The van der Waals surface area contributed by atoms with Gasteiger partial charge in [-0.1, -0.05) is 12.1 Å². The first kappa shape index (κ1) is 18.5. The van der Waals surface area contributed by atoms with E-state index in [0.29, 0.717) is 18.8 Å². The van der Waals surface area contributed by atoms with Crippen LogP contribution in [-0.4, -0.2) is 39.6 Å². The Bertz CT molecular complexity index is 961. The molecule has 4 rings (SSSR count). The van der Waals surface area contributed by atoms with Crippen molar-refractivity contribution in [3.8, 4) is 0 Å². The number of nitrogens with zero attached hydrogens (tertiary/aromatic N) is 3. The van der Waals surface area contributed by atoms with E-state index in [4.69, 9.17) is 4.42 Å². The van der Waals surface area contributed by atoms with Crippen LogP contribution >= 0.6 is 11.8 Å². The molecule has 7 nitrogen and oxygen atoms in total. The fraction of sp³-hybridized carbons (Fsp3) is 0.300. The molecule has 2 heterocycles. The summed E-state index contributed by atoms with van der Waals surface area (Å²) in [6, 6.07) is 14.0. The molecule has 0 spiro atoms. The van der Waals surface area contributed by atoms with Crippen molar-refractivity contribution in [2.75, 3.05) is 18.8 Å². The van der Waals surface area contributed by atoms with E-state index in [1.165, 1.54) is 23.9 Å². The average molecular weight is 397 g/mol. The Morgan fingerprint density at radius 1 is 1.18 bits per heavy atom. The minimum absolute atomic E-state index is 0.0527. The SMILES string of the molecule is O=C(CSc1ccc([N+](=O)[O-])cc1)N1CCC(c2nc3ccccc3o2)CC1. The number of hydrogen-bond donors (Lipinski definition) is 0. The van der Waals surface area contributed by atoms with E-state index in [2.05, 4.69) is 4.98 Å². The molecule has 8 heteroatoms. The van der Waals surface area contributed by atoms with E-state index in [-0.39, 0.29) is 17.5 Å². The lowest BCUT2D eigenvalue weighted by Gasteiger charge is -2.30. The molecule has 0 bridgehead atoms. The summed E-state index contributed by atoms with van der Waals surface area (Å²) in [5.41, 5.74) is 1.72. The third-order valence-corrected chi connectivity index (χ3v) is 5.91. The highest BCUT2D eigenvalue weighted by Crippen LogP contribution is 2.30. The maximum absolute atomic E-state index is 12.5. The van der Waals surface area contributed by atoms with Crippen LogP contribution in [0.4, 0.5) is 5.69 Å². The second-order valence-corrected chi connectivity index (χ2v) is 7.76. The molecule has 1 amide bonds. The van der Waals surface area contributed by atoms with Crippen molar-refractivity contribution in [2.24, 2.45) is 0 Å². The Labute approximate surface area is 165 Å². The molecule has 0 atom stereocenters.